The molecule has 5 nitrogen and oxygen atoms in total. The molecule has 1 rings (SSSR count). The molecule has 2 amide bonds. The lowest BCUT2D eigenvalue weighted by atomic mass is 10.1. The van der Waals surface area contributed by atoms with Crippen LogP contribution in [-0.2, 0) is 9.53 Å². The molecule has 1 N–H and O–H groups in total. The summed E-state index contributed by atoms with van der Waals surface area (Å²) in [6.07, 6.45) is 3.82. The molecule has 0 bridgehead atoms. The predicted octanol–water partition coefficient (Wildman–Crippen LogP) is 2.08. The molecule has 0 aliphatic carbocycles. The van der Waals surface area contributed by atoms with Gasteiger partial charge in [0.15, 0.2) is 0 Å². The molecule has 108 valence electrons. The molecule has 19 heavy (non-hydrogen) atoms. The lowest BCUT2D eigenvalue weighted by Gasteiger charge is -2.29. The molecule has 1 atom stereocenters. The highest BCUT2D eigenvalue weighted by molar-refractivity contribution is 5.86. The van der Waals surface area contributed by atoms with Gasteiger partial charge in [0.05, 0.1) is 0 Å². The van der Waals surface area contributed by atoms with Crippen molar-refractivity contribution in [2.24, 2.45) is 0 Å². The number of carbonyl (C=O) groups excluding carboxylic acids is 2. The highest BCUT2D eigenvalue weighted by Gasteiger charge is 2.29. The molecule has 0 aromatic rings. The molecule has 1 aliphatic rings. The van der Waals surface area contributed by atoms with Gasteiger partial charge in [0, 0.05) is 12.6 Å². The molecule has 5 heteroatoms. The Kier molecular flexibility index (Phi) is 4.97. The number of nitrogens with zero attached hydrogens (tertiary/aromatic N) is 1. The maximum absolute atomic E-state index is 12.3. The first-order chi connectivity index (χ1) is 8.70. The summed E-state index contributed by atoms with van der Waals surface area (Å²) in [6, 6.07) is -0.436. The van der Waals surface area contributed by atoms with Crippen molar-refractivity contribution in [2.75, 3.05) is 6.54 Å². The van der Waals surface area contributed by atoms with E-state index in [-0.39, 0.29) is 11.9 Å². The number of hydrogen-bond donors (Lipinski definition) is 1. The van der Waals surface area contributed by atoms with Gasteiger partial charge in [-0.25, -0.2) is 4.79 Å². The van der Waals surface area contributed by atoms with Gasteiger partial charge < -0.3 is 15.0 Å². The number of nitrogens with one attached hydrogen (secondary N) is 1. The van der Waals surface area contributed by atoms with Crippen LogP contribution in [0.4, 0.5) is 4.79 Å². The Labute approximate surface area is 115 Å². The summed E-state index contributed by atoms with van der Waals surface area (Å²) in [5.41, 5.74) is -0.564. The van der Waals surface area contributed by atoms with Crippen LogP contribution in [0, 0.1) is 0 Å². The topological polar surface area (TPSA) is 58.6 Å². The Hall–Kier alpha value is -1.52. The Bertz CT molecular complexity index is 369. The van der Waals surface area contributed by atoms with E-state index in [1.165, 1.54) is 0 Å². The highest BCUT2D eigenvalue weighted by atomic mass is 16.6. The second-order valence-corrected chi connectivity index (χ2v) is 5.99. The molecule has 0 saturated heterocycles. The van der Waals surface area contributed by atoms with Crippen LogP contribution in [0.5, 0.6) is 0 Å². The zero-order chi connectivity index (χ0) is 14.6. The maximum Gasteiger partial charge on any atom is 0.408 e. The first kappa shape index (κ1) is 15.5. The second kappa shape index (κ2) is 6.08. The Morgan fingerprint density at radius 1 is 1.42 bits per heavy atom. The van der Waals surface area contributed by atoms with Gasteiger partial charge in [-0.1, -0.05) is 12.2 Å². The maximum atomic E-state index is 12.3. The summed E-state index contributed by atoms with van der Waals surface area (Å²) in [5.74, 6) is -0.0640. The number of ether oxygens (including phenoxy) is 1. The zero-order valence-corrected chi connectivity index (χ0v) is 12.4. The monoisotopic (exact) mass is 268 g/mol. The van der Waals surface area contributed by atoms with Crippen molar-refractivity contribution in [3.8, 4) is 0 Å². The van der Waals surface area contributed by atoms with Gasteiger partial charge in [-0.05, 0) is 41.0 Å². The van der Waals surface area contributed by atoms with Crippen LogP contribution in [0.3, 0.4) is 0 Å². The zero-order valence-electron chi connectivity index (χ0n) is 12.4. The highest BCUT2D eigenvalue weighted by Crippen LogP contribution is 2.12. The average Bonchev–Trinajstić information content (AvgIpc) is 2.39. The van der Waals surface area contributed by atoms with E-state index in [0.29, 0.717) is 13.0 Å². The van der Waals surface area contributed by atoms with E-state index in [1.807, 2.05) is 26.0 Å². The standard InChI is InChI=1S/C14H24N2O3/c1-10(2)16-9-7-6-8-11(12(16)17)15-13(18)19-14(3,4)5/h6-7,10-11H,8-9H2,1-5H3,(H,15,18). The lowest BCUT2D eigenvalue weighted by Crippen LogP contribution is -2.50. The third-order valence-electron chi connectivity index (χ3n) is 2.74. The van der Waals surface area contributed by atoms with Crippen molar-refractivity contribution in [3.05, 3.63) is 12.2 Å². The normalized spacial score (nSPS) is 20.4. The van der Waals surface area contributed by atoms with Crippen molar-refractivity contribution >= 4 is 12.0 Å². The van der Waals surface area contributed by atoms with Crippen LogP contribution >= 0.6 is 0 Å². The molecule has 1 heterocycles. The number of carbonyl (C=O) groups is 2. The van der Waals surface area contributed by atoms with Crippen LogP contribution in [0.25, 0.3) is 0 Å². The fourth-order valence-electron chi connectivity index (χ4n) is 1.85. The molecular formula is C14H24N2O3. The van der Waals surface area contributed by atoms with Gasteiger partial charge in [-0.15, -0.1) is 0 Å². The fourth-order valence-corrected chi connectivity index (χ4v) is 1.85. The molecule has 1 aliphatic heterocycles. The molecular weight excluding hydrogens is 244 g/mol. The van der Waals surface area contributed by atoms with Crippen LogP contribution < -0.4 is 5.32 Å². The van der Waals surface area contributed by atoms with Crippen LogP contribution in [0.1, 0.15) is 41.0 Å². The van der Waals surface area contributed by atoms with Crippen molar-refractivity contribution in [1.29, 1.82) is 0 Å². The quantitative estimate of drug-likeness (QED) is 0.780. The average molecular weight is 268 g/mol. The molecule has 0 aromatic carbocycles. The van der Waals surface area contributed by atoms with Crippen LogP contribution in [0.15, 0.2) is 12.2 Å². The summed E-state index contributed by atoms with van der Waals surface area (Å²) in [7, 11) is 0. The Morgan fingerprint density at radius 2 is 2.05 bits per heavy atom. The number of amides is 2. The Morgan fingerprint density at radius 3 is 2.58 bits per heavy atom. The van der Waals surface area contributed by atoms with Crippen LogP contribution in [-0.4, -0.2) is 41.1 Å². The van der Waals surface area contributed by atoms with Crippen molar-refractivity contribution < 1.29 is 14.3 Å². The molecule has 0 saturated carbocycles. The molecule has 0 fully saturated rings. The summed E-state index contributed by atoms with van der Waals surface area (Å²) in [5, 5.41) is 2.65. The minimum atomic E-state index is -0.564. The van der Waals surface area contributed by atoms with Gasteiger partial charge in [0.1, 0.15) is 11.6 Å². The number of rotatable bonds is 2. The minimum Gasteiger partial charge on any atom is -0.444 e. The van der Waals surface area contributed by atoms with E-state index in [4.69, 9.17) is 4.74 Å². The summed E-state index contributed by atoms with van der Waals surface area (Å²) < 4.78 is 5.18. The predicted molar refractivity (Wildman–Crippen MR) is 73.8 cm³/mol. The fraction of sp³-hybridized carbons (Fsp3) is 0.714. The van der Waals surface area contributed by atoms with E-state index in [1.54, 1.807) is 25.7 Å². The summed E-state index contributed by atoms with van der Waals surface area (Å²) in [6.45, 7) is 9.89. The van der Waals surface area contributed by atoms with Gasteiger partial charge in [0.2, 0.25) is 5.91 Å². The van der Waals surface area contributed by atoms with Crippen molar-refractivity contribution in [2.45, 2.75) is 58.7 Å². The smallest absolute Gasteiger partial charge is 0.408 e. The van der Waals surface area contributed by atoms with Gasteiger partial charge in [-0.2, -0.15) is 0 Å². The first-order valence-corrected chi connectivity index (χ1v) is 6.65. The van der Waals surface area contributed by atoms with Gasteiger partial charge in [0.25, 0.3) is 0 Å². The van der Waals surface area contributed by atoms with Crippen molar-refractivity contribution in [1.82, 2.24) is 10.2 Å². The SMILES string of the molecule is CC(C)N1CC=CCC(NC(=O)OC(C)(C)C)C1=O. The van der Waals surface area contributed by atoms with E-state index < -0.39 is 17.7 Å². The van der Waals surface area contributed by atoms with E-state index in [9.17, 15) is 9.59 Å². The third-order valence-corrected chi connectivity index (χ3v) is 2.74. The van der Waals surface area contributed by atoms with Crippen molar-refractivity contribution in [3.63, 3.8) is 0 Å². The molecule has 1 unspecified atom stereocenters. The van der Waals surface area contributed by atoms with Gasteiger partial charge >= 0.3 is 6.09 Å². The molecule has 0 aromatic heterocycles. The molecule has 0 spiro atoms. The van der Waals surface area contributed by atoms with E-state index in [2.05, 4.69) is 5.32 Å². The van der Waals surface area contributed by atoms with Gasteiger partial charge in [-0.3, -0.25) is 4.79 Å². The summed E-state index contributed by atoms with van der Waals surface area (Å²) >= 11 is 0. The Balaban J connectivity index is 2.68. The largest absolute Gasteiger partial charge is 0.444 e. The second-order valence-electron chi connectivity index (χ2n) is 5.99. The van der Waals surface area contributed by atoms with E-state index >= 15 is 0 Å². The van der Waals surface area contributed by atoms with Crippen LogP contribution in [0.2, 0.25) is 0 Å². The number of alkyl carbamates (subject to hydrolysis) is 1. The molecule has 0 radical (unpaired) electrons. The minimum absolute atomic E-state index is 0.0640. The number of hydrogen-bond acceptors (Lipinski definition) is 3. The van der Waals surface area contributed by atoms with E-state index in [0.717, 1.165) is 0 Å². The first-order valence-electron chi connectivity index (χ1n) is 6.65. The summed E-state index contributed by atoms with van der Waals surface area (Å²) in [4.78, 5) is 25.8. The third kappa shape index (κ3) is 4.93. The lowest BCUT2D eigenvalue weighted by molar-refractivity contribution is -0.134.